The number of thioether (sulfide) groups is 2. The van der Waals surface area contributed by atoms with E-state index < -0.39 is 0 Å². The van der Waals surface area contributed by atoms with E-state index in [1.54, 1.807) is 23.5 Å². The van der Waals surface area contributed by atoms with Crippen LogP contribution < -0.4 is 0 Å². The predicted octanol–water partition coefficient (Wildman–Crippen LogP) is 5.81. The number of halogens is 2. The van der Waals surface area contributed by atoms with Gasteiger partial charge in [-0.25, -0.2) is 0 Å². The third-order valence-corrected chi connectivity index (χ3v) is 4.53. The molecular weight excluding hydrogens is 319 g/mol. The maximum atomic E-state index is 5.82. The van der Waals surface area contributed by atoms with Crippen molar-refractivity contribution in [3.05, 3.63) is 58.6 Å². The van der Waals surface area contributed by atoms with E-state index in [0.717, 1.165) is 19.8 Å². The van der Waals surface area contributed by atoms with Gasteiger partial charge in [0.1, 0.15) is 0 Å². The Morgan fingerprint density at radius 2 is 1.05 bits per heavy atom. The number of rotatable bonds is 6. The van der Waals surface area contributed by atoms with E-state index in [9.17, 15) is 0 Å². The molecule has 2 aromatic carbocycles. The summed E-state index contributed by atoms with van der Waals surface area (Å²) in [6.07, 6.45) is 0. The molecule has 0 amide bonds. The minimum absolute atomic E-state index is 0.627. The van der Waals surface area contributed by atoms with Gasteiger partial charge < -0.3 is 4.74 Å². The Morgan fingerprint density at radius 3 is 1.42 bits per heavy atom. The summed E-state index contributed by atoms with van der Waals surface area (Å²) in [6.45, 7) is 0. The second kappa shape index (κ2) is 8.08. The summed E-state index contributed by atoms with van der Waals surface area (Å²) < 4.78 is 5.56. The molecule has 0 heterocycles. The lowest BCUT2D eigenvalue weighted by Gasteiger charge is -2.04. The maximum Gasteiger partial charge on any atom is 0.0978 e. The van der Waals surface area contributed by atoms with Crippen molar-refractivity contribution in [1.82, 2.24) is 0 Å². The highest BCUT2D eigenvalue weighted by Gasteiger charge is 1.96. The zero-order valence-electron chi connectivity index (χ0n) is 10.0. The van der Waals surface area contributed by atoms with Crippen LogP contribution >= 0.6 is 46.7 Å². The molecule has 0 unspecified atom stereocenters. The van der Waals surface area contributed by atoms with Gasteiger partial charge in [0.2, 0.25) is 0 Å². The lowest BCUT2D eigenvalue weighted by atomic mass is 10.4. The molecule has 0 aliphatic rings. The molecule has 2 rings (SSSR count). The number of ether oxygens (including phenoxy) is 1. The summed E-state index contributed by atoms with van der Waals surface area (Å²) in [5, 5.41) is 1.51. The first-order valence-corrected chi connectivity index (χ1v) is 8.31. The second-order valence-electron chi connectivity index (χ2n) is 3.64. The lowest BCUT2D eigenvalue weighted by Crippen LogP contribution is -1.89. The molecule has 1 nitrogen and oxygen atoms in total. The zero-order chi connectivity index (χ0) is 13.5. The van der Waals surface area contributed by atoms with Crippen molar-refractivity contribution in [2.24, 2.45) is 0 Å². The first-order chi connectivity index (χ1) is 9.24. The minimum Gasteiger partial charge on any atom is -0.360 e. The Bertz CT molecular complexity index is 452. The van der Waals surface area contributed by atoms with Crippen molar-refractivity contribution >= 4 is 46.7 Å². The van der Waals surface area contributed by atoms with Gasteiger partial charge in [-0.2, -0.15) is 0 Å². The highest BCUT2D eigenvalue weighted by atomic mass is 35.5. The van der Waals surface area contributed by atoms with E-state index in [4.69, 9.17) is 27.9 Å². The summed E-state index contributed by atoms with van der Waals surface area (Å²) in [5.74, 6) is 1.25. The standard InChI is InChI=1S/C14H12Cl2OS2/c15-11-1-5-13(6-2-11)18-9-17-10-19-14-7-3-12(16)4-8-14/h1-8H,9-10H2. The van der Waals surface area contributed by atoms with Crippen molar-refractivity contribution in [1.29, 1.82) is 0 Å². The summed E-state index contributed by atoms with van der Waals surface area (Å²) >= 11 is 14.9. The monoisotopic (exact) mass is 330 g/mol. The number of hydrogen-bond acceptors (Lipinski definition) is 3. The smallest absolute Gasteiger partial charge is 0.0978 e. The molecule has 0 bridgehead atoms. The number of hydrogen-bond donors (Lipinski definition) is 0. The summed E-state index contributed by atoms with van der Waals surface area (Å²) in [5.41, 5.74) is 0. The quantitative estimate of drug-likeness (QED) is 0.375. The second-order valence-corrected chi connectivity index (χ2v) is 6.50. The van der Waals surface area contributed by atoms with Crippen LogP contribution in [0.2, 0.25) is 10.0 Å². The Kier molecular flexibility index (Phi) is 6.41. The van der Waals surface area contributed by atoms with Crippen LogP contribution in [0.25, 0.3) is 0 Å². The number of benzene rings is 2. The Balaban J connectivity index is 1.64. The fourth-order valence-corrected chi connectivity index (χ4v) is 2.94. The molecule has 19 heavy (non-hydrogen) atoms. The third-order valence-electron chi connectivity index (χ3n) is 2.25. The van der Waals surface area contributed by atoms with Crippen molar-refractivity contribution in [3.63, 3.8) is 0 Å². The van der Waals surface area contributed by atoms with Gasteiger partial charge >= 0.3 is 0 Å². The molecular formula is C14H12Cl2OS2. The topological polar surface area (TPSA) is 9.23 Å². The van der Waals surface area contributed by atoms with Crippen molar-refractivity contribution in [2.45, 2.75) is 9.79 Å². The van der Waals surface area contributed by atoms with Gasteiger partial charge in [-0.05, 0) is 48.5 Å². The van der Waals surface area contributed by atoms with E-state index in [1.165, 1.54) is 0 Å². The van der Waals surface area contributed by atoms with Crippen molar-refractivity contribution in [3.8, 4) is 0 Å². The Labute approximate surface area is 131 Å². The van der Waals surface area contributed by atoms with E-state index >= 15 is 0 Å². The minimum atomic E-state index is 0.627. The molecule has 0 spiro atoms. The molecule has 0 saturated heterocycles. The molecule has 0 N–H and O–H groups in total. The SMILES string of the molecule is Clc1ccc(SCOCSc2ccc(Cl)cc2)cc1. The molecule has 0 aliphatic heterocycles. The molecule has 0 fully saturated rings. The van der Waals surface area contributed by atoms with E-state index in [0.29, 0.717) is 11.9 Å². The van der Waals surface area contributed by atoms with Crippen LogP contribution in [0.15, 0.2) is 58.3 Å². The molecule has 0 aromatic heterocycles. The van der Waals surface area contributed by atoms with Crippen LogP contribution in [0, 0.1) is 0 Å². The molecule has 100 valence electrons. The lowest BCUT2D eigenvalue weighted by molar-refractivity contribution is 0.240. The summed E-state index contributed by atoms with van der Waals surface area (Å²) in [4.78, 5) is 2.31. The fourth-order valence-electron chi connectivity index (χ4n) is 1.32. The molecule has 2 aromatic rings. The highest BCUT2D eigenvalue weighted by molar-refractivity contribution is 7.99. The molecule has 0 aliphatic carbocycles. The Morgan fingerprint density at radius 1 is 0.684 bits per heavy atom. The average Bonchev–Trinajstić information content (AvgIpc) is 2.43. The van der Waals surface area contributed by atoms with E-state index in [1.807, 2.05) is 48.5 Å². The normalized spacial score (nSPS) is 10.6. The van der Waals surface area contributed by atoms with Crippen LogP contribution in [0.5, 0.6) is 0 Å². The van der Waals surface area contributed by atoms with Crippen LogP contribution in [-0.4, -0.2) is 11.9 Å². The van der Waals surface area contributed by atoms with Crippen LogP contribution in [-0.2, 0) is 4.74 Å². The van der Waals surface area contributed by atoms with Crippen molar-refractivity contribution < 1.29 is 4.74 Å². The summed E-state index contributed by atoms with van der Waals surface area (Å²) in [6, 6.07) is 15.5. The zero-order valence-corrected chi connectivity index (χ0v) is 13.2. The van der Waals surface area contributed by atoms with Gasteiger partial charge in [-0.1, -0.05) is 46.7 Å². The molecule has 0 radical (unpaired) electrons. The largest absolute Gasteiger partial charge is 0.360 e. The average molecular weight is 331 g/mol. The first-order valence-electron chi connectivity index (χ1n) is 5.58. The first kappa shape index (κ1) is 15.1. The fraction of sp³-hybridized carbons (Fsp3) is 0.143. The van der Waals surface area contributed by atoms with E-state index in [-0.39, 0.29) is 0 Å². The van der Waals surface area contributed by atoms with Gasteiger partial charge in [0.15, 0.2) is 0 Å². The predicted molar refractivity (Wildman–Crippen MR) is 85.4 cm³/mol. The summed E-state index contributed by atoms with van der Waals surface area (Å²) in [7, 11) is 0. The highest BCUT2D eigenvalue weighted by Crippen LogP contribution is 2.23. The van der Waals surface area contributed by atoms with Crippen LogP contribution in [0.1, 0.15) is 0 Å². The van der Waals surface area contributed by atoms with Gasteiger partial charge in [-0.3, -0.25) is 0 Å². The third kappa shape index (κ3) is 5.67. The van der Waals surface area contributed by atoms with Crippen molar-refractivity contribution in [2.75, 3.05) is 11.9 Å². The van der Waals surface area contributed by atoms with Gasteiger partial charge in [0.25, 0.3) is 0 Å². The molecule has 0 saturated carbocycles. The van der Waals surface area contributed by atoms with Crippen LogP contribution in [0.3, 0.4) is 0 Å². The molecule has 5 heteroatoms. The van der Waals surface area contributed by atoms with E-state index in [2.05, 4.69) is 0 Å². The van der Waals surface area contributed by atoms with Gasteiger partial charge in [-0.15, -0.1) is 0 Å². The van der Waals surface area contributed by atoms with Crippen LogP contribution in [0.4, 0.5) is 0 Å². The Hall–Kier alpha value is -0.320. The molecule has 0 atom stereocenters. The van der Waals surface area contributed by atoms with Gasteiger partial charge in [0, 0.05) is 19.8 Å². The maximum absolute atomic E-state index is 5.82. The van der Waals surface area contributed by atoms with Gasteiger partial charge in [0.05, 0.1) is 11.9 Å².